The predicted octanol–water partition coefficient (Wildman–Crippen LogP) is 3.77. The van der Waals surface area contributed by atoms with Crippen LogP contribution in [-0.4, -0.2) is 12.6 Å². The Morgan fingerprint density at radius 2 is 2.24 bits per heavy atom. The summed E-state index contributed by atoms with van der Waals surface area (Å²) in [4.78, 5) is 0. The van der Waals surface area contributed by atoms with Crippen LogP contribution in [0.15, 0.2) is 22.8 Å². The first-order valence-electron chi connectivity index (χ1n) is 7.14. The molecule has 0 radical (unpaired) electrons. The zero-order chi connectivity index (χ0) is 11.9. The molecule has 1 aliphatic rings. The van der Waals surface area contributed by atoms with E-state index in [1.165, 1.54) is 38.5 Å². The minimum absolute atomic E-state index is 0.674. The molecule has 2 rings (SSSR count). The van der Waals surface area contributed by atoms with Gasteiger partial charge in [0.15, 0.2) is 0 Å². The highest BCUT2D eigenvalue weighted by atomic mass is 16.3. The Labute approximate surface area is 105 Å². The average Bonchev–Trinajstić information content (AvgIpc) is 2.99. The Kier molecular flexibility index (Phi) is 5.11. The molecular formula is C15H25NO. The van der Waals surface area contributed by atoms with Crippen LogP contribution in [-0.2, 0) is 6.42 Å². The fraction of sp³-hybridized carbons (Fsp3) is 0.733. The lowest BCUT2D eigenvalue weighted by atomic mass is 9.95. The number of furan rings is 1. The van der Waals surface area contributed by atoms with Crippen molar-refractivity contribution in [3.63, 3.8) is 0 Å². The van der Waals surface area contributed by atoms with Gasteiger partial charge in [-0.3, -0.25) is 0 Å². The standard InChI is InChI=1S/C15H25NO/c1-2-16-14(12-13-6-3-4-7-13)9-10-15-8-5-11-17-15/h5,8,11,13-14,16H,2-4,6-7,9-10,12H2,1H3. The highest BCUT2D eigenvalue weighted by molar-refractivity contribution is 4.98. The molecule has 1 heterocycles. The summed E-state index contributed by atoms with van der Waals surface area (Å²) in [7, 11) is 0. The van der Waals surface area contributed by atoms with Crippen molar-refractivity contribution < 1.29 is 4.42 Å². The van der Waals surface area contributed by atoms with Crippen molar-refractivity contribution in [1.29, 1.82) is 0 Å². The third-order valence-electron chi connectivity index (χ3n) is 3.90. The second-order valence-corrected chi connectivity index (χ2v) is 5.26. The fourth-order valence-electron chi connectivity index (χ4n) is 3.01. The van der Waals surface area contributed by atoms with Crippen LogP contribution in [0.25, 0.3) is 0 Å². The molecule has 0 bridgehead atoms. The van der Waals surface area contributed by atoms with Crippen molar-refractivity contribution in [1.82, 2.24) is 5.32 Å². The maximum absolute atomic E-state index is 5.40. The Morgan fingerprint density at radius 3 is 2.88 bits per heavy atom. The van der Waals surface area contributed by atoms with Gasteiger partial charge in [0.05, 0.1) is 6.26 Å². The molecule has 1 aliphatic carbocycles. The van der Waals surface area contributed by atoms with E-state index < -0.39 is 0 Å². The molecule has 1 aromatic heterocycles. The summed E-state index contributed by atoms with van der Waals surface area (Å²) in [5, 5.41) is 3.63. The Hall–Kier alpha value is -0.760. The fourth-order valence-corrected chi connectivity index (χ4v) is 3.01. The molecule has 1 saturated carbocycles. The summed E-state index contributed by atoms with van der Waals surface area (Å²) in [5.41, 5.74) is 0. The van der Waals surface area contributed by atoms with Crippen LogP contribution in [0.1, 0.15) is 51.2 Å². The van der Waals surface area contributed by atoms with E-state index in [1.54, 1.807) is 6.26 Å². The molecule has 1 fully saturated rings. The number of hydrogen-bond donors (Lipinski definition) is 1. The van der Waals surface area contributed by atoms with Crippen molar-refractivity contribution in [3.8, 4) is 0 Å². The van der Waals surface area contributed by atoms with Crippen molar-refractivity contribution >= 4 is 0 Å². The lowest BCUT2D eigenvalue weighted by molar-refractivity contribution is 0.366. The van der Waals surface area contributed by atoms with E-state index >= 15 is 0 Å². The van der Waals surface area contributed by atoms with E-state index in [1.807, 2.05) is 6.07 Å². The molecule has 1 atom stereocenters. The molecule has 0 amide bonds. The van der Waals surface area contributed by atoms with Gasteiger partial charge in [-0.2, -0.15) is 0 Å². The van der Waals surface area contributed by atoms with E-state index in [-0.39, 0.29) is 0 Å². The van der Waals surface area contributed by atoms with Crippen molar-refractivity contribution in [2.45, 2.75) is 57.9 Å². The quantitative estimate of drug-likeness (QED) is 0.778. The van der Waals surface area contributed by atoms with Gasteiger partial charge in [-0.05, 0) is 37.4 Å². The first-order valence-corrected chi connectivity index (χ1v) is 7.14. The topological polar surface area (TPSA) is 25.2 Å². The molecule has 0 aliphatic heterocycles. The van der Waals surface area contributed by atoms with Crippen LogP contribution in [0.4, 0.5) is 0 Å². The highest BCUT2D eigenvalue weighted by Crippen LogP contribution is 2.29. The van der Waals surface area contributed by atoms with E-state index in [4.69, 9.17) is 4.42 Å². The lowest BCUT2D eigenvalue weighted by Gasteiger charge is -2.21. The van der Waals surface area contributed by atoms with Gasteiger partial charge in [0.2, 0.25) is 0 Å². The highest BCUT2D eigenvalue weighted by Gasteiger charge is 2.19. The molecule has 1 unspecified atom stereocenters. The minimum Gasteiger partial charge on any atom is -0.469 e. The summed E-state index contributed by atoms with van der Waals surface area (Å²) in [6.45, 7) is 3.28. The summed E-state index contributed by atoms with van der Waals surface area (Å²) < 4.78 is 5.40. The number of nitrogens with one attached hydrogen (secondary N) is 1. The number of hydrogen-bond acceptors (Lipinski definition) is 2. The zero-order valence-corrected chi connectivity index (χ0v) is 11.0. The van der Waals surface area contributed by atoms with Gasteiger partial charge >= 0.3 is 0 Å². The van der Waals surface area contributed by atoms with Gasteiger partial charge < -0.3 is 9.73 Å². The molecule has 1 aromatic rings. The molecule has 96 valence electrons. The summed E-state index contributed by atoms with van der Waals surface area (Å²) >= 11 is 0. The first kappa shape index (κ1) is 12.7. The molecule has 0 aromatic carbocycles. The van der Waals surface area contributed by atoms with Crippen LogP contribution < -0.4 is 5.32 Å². The smallest absolute Gasteiger partial charge is 0.103 e. The normalized spacial score (nSPS) is 18.6. The monoisotopic (exact) mass is 235 g/mol. The van der Waals surface area contributed by atoms with Crippen LogP contribution in [0.2, 0.25) is 0 Å². The number of rotatable bonds is 7. The van der Waals surface area contributed by atoms with Crippen LogP contribution in [0, 0.1) is 5.92 Å². The lowest BCUT2D eigenvalue weighted by Crippen LogP contribution is -2.31. The Balaban J connectivity index is 1.75. The molecule has 1 N–H and O–H groups in total. The van der Waals surface area contributed by atoms with Gasteiger partial charge in [0.1, 0.15) is 5.76 Å². The van der Waals surface area contributed by atoms with Crippen molar-refractivity contribution in [2.24, 2.45) is 5.92 Å². The molecular weight excluding hydrogens is 210 g/mol. The van der Waals surface area contributed by atoms with E-state index in [9.17, 15) is 0 Å². The zero-order valence-electron chi connectivity index (χ0n) is 11.0. The third-order valence-corrected chi connectivity index (χ3v) is 3.90. The summed E-state index contributed by atoms with van der Waals surface area (Å²) in [6.07, 6.45) is 11.2. The van der Waals surface area contributed by atoms with Gasteiger partial charge in [0, 0.05) is 12.5 Å². The van der Waals surface area contributed by atoms with Crippen LogP contribution in [0.5, 0.6) is 0 Å². The van der Waals surface area contributed by atoms with Gasteiger partial charge in [-0.25, -0.2) is 0 Å². The van der Waals surface area contributed by atoms with Crippen molar-refractivity contribution in [3.05, 3.63) is 24.2 Å². The predicted molar refractivity (Wildman–Crippen MR) is 71.1 cm³/mol. The van der Waals surface area contributed by atoms with Crippen LogP contribution >= 0.6 is 0 Å². The number of aryl methyl sites for hydroxylation is 1. The second kappa shape index (κ2) is 6.85. The van der Waals surface area contributed by atoms with E-state index in [2.05, 4.69) is 18.3 Å². The van der Waals surface area contributed by atoms with Crippen molar-refractivity contribution in [2.75, 3.05) is 6.54 Å². The maximum atomic E-state index is 5.40. The average molecular weight is 235 g/mol. The Morgan fingerprint density at radius 1 is 1.41 bits per heavy atom. The largest absolute Gasteiger partial charge is 0.469 e. The maximum Gasteiger partial charge on any atom is 0.103 e. The Bertz CT molecular complexity index is 288. The van der Waals surface area contributed by atoms with E-state index in [0.29, 0.717) is 6.04 Å². The molecule has 17 heavy (non-hydrogen) atoms. The second-order valence-electron chi connectivity index (χ2n) is 5.26. The van der Waals surface area contributed by atoms with Gasteiger partial charge in [0.25, 0.3) is 0 Å². The van der Waals surface area contributed by atoms with Gasteiger partial charge in [-0.15, -0.1) is 0 Å². The van der Waals surface area contributed by atoms with E-state index in [0.717, 1.165) is 24.6 Å². The molecule has 0 spiro atoms. The SMILES string of the molecule is CCNC(CCc1ccco1)CC1CCCC1. The third kappa shape index (κ3) is 4.19. The first-order chi connectivity index (χ1) is 8.38. The minimum atomic E-state index is 0.674. The molecule has 2 heteroatoms. The summed E-state index contributed by atoms with van der Waals surface area (Å²) in [5.74, 6) is 2.09. The molecule has 0 saturated heterocycles. The summed E-state index contributed by atoms with van der Waals surface area (Å²) in [6, 6.07) is 4.74. The van der Waals surface area contributed by atoms with Crippen LogP contribution in [0.3, 0.4) is 0 Å². The molecule has 2 nitrogen and oxygen atoms in total. The van der Waals surface area contributed by atoms with Gasteiger partial charge in [-0.1, -0.05) is 32.6 Å².